The molecule has 0 aliphatic rings. The Bertz CT molecular complexity index is 344. The minimum atomic E-state index is -0.272. The van der Waals surface area contributed by atoms with Crippen molar-refractivity contribution in [3.8, 4) is 18.1 Å². The van der Waals surface area contributed by atoms with Gasteiger partial charge in [-0.05, 0) is 26.8 Å². The first-order chi connectivity index (χ1) is 6.61. The Labute approximate surface area is 86.1 Å². The molecule has 0 fully saturated rings. The third kappa shape index (κ3) is 2.09. The molecule has 0 amide bonds. The Balaban J connectivity index is 3.14. The highest BCUT2D eigenvalue weighted by molar-refractivity contribution is 5.43. The van der Waals surface area contributed by atoms with Crippen LogP contribution in [0.1, 0.15) is 26.3 Å². The zero-order valence-corrected chi connectivity index (χ0v) is 9.00. The fourth-order valence-electron chi connectivity index (χ4n) is 1.34. The Kier molecular flexibility index (Phi) is 3.19. The van der Waals surface area contributed by atoms with Gasteiger partial charge in [0.25, 0.3) is 0 Å². The van der Waals surface area contributed by atoms with Crippen molar-refractivity contribution in [2.45, 2.75) is 26.2 Å². The first-order valence-corrected chi connectivity index (χ1v) is 4.82. The number of para-hydroxylation sites is 1. The van der Waals surface area contributed by atoms with Gasteiger partial charge in [-0.3, -0.25) is 0 Å². The molecule has 0 radical (unpaired) electrons. The molecule has 1 rings (SSSR count). The van der Waals surface area contributed by atoms with Gasteiger partial charge in [0.1, 0.15) is 5.75 Å². The van der Waals surface area contributed by atoms with Crippen LogP contribution >= 0.6 is 0 Å². The monoisotopic (exact) mass is 188 g/mol. The highest BCUT2D eigenvalue weighted by atomic mass is 16.5. The average molecular weight is 188 g/mol. The van der Waals surface area contributed by atoms with Crippen LogP contribution in [0.25, 0.3) is 0 Å². The van der Waals surface area contributed by atoms with Crippen LogP contribution in [0.15, 0.2) is 24.3 Å². The second-order valence-electron chi connectivity index (χ2n) is 3.70. The number of benzene rings is 1. The lowest BCUT2D eigenvalue weighted by molar-refractivity contribution is 0.332. The molecule has 74 valence electrons. The van der Waals surface area contributed by atoms with E-state index in [2.05, 4.69) is 5.92 Å². The van der Waals surface area contributed by atoms with E-state index in [-0.39, 0.29) is 5.41 Å². The van der Waals surface area contributed by atoms with Crippen molar-refractivity contribution < 1.29 is 4.74 Å². The maximum Gasteiger partial charge on any atom is 0.123 e. The standard InChI is InChI=1S/C13H16O/c1-5-13(3,4)11-9-7-8-10-12(11)14-6-2/h1,7-10H,6H2,2-4H3. The molecular formula is C13H16O. The fraction of sp³-hybridized carbons (Fsp3) is 0.385. The van der Waals surface area contributed by atoms with Crippen LogP contribution in [-0.2, 0) is 5.41 Å². The maximum atomic E-state index is 5.53. The lowest BCUT2D eigenvalue weighted by Crippen LogP contribution is -2.15. The largest absolute Gasteiger partial charge is 0.494 e. The first-order valence-electron chi connectivity index (χ1n) is 4.82. The van der Waals surface area contributed by atoms with E-state index in [0.29, 0.717) is 6.61 Å². The molecule has 0 saturated carbocycles. The molecule has 0 heterocycles. The Morgan fingerprint density at radius 3 is 2.57 bits per heavy atom. The molecular weight excluding hydrogens is 172 g/mol. The smallest absolute Gasteiger partial charge is 0.123 e. The van der Waals surface area contributed by atoms with Crippen molar-refractivity contribution in [2.75, 3.05) is 6.61 Å². The van der Waals surface area contributed by atoms with Crippen molar-refractivity contribution in [1.82, 2.24) is 0 Å². The quantitative estimate of drug-likeness (QED) is 0.662. The second-order valence-corrected chi connectivity index (χ2v) is 3.70. The molecule has 0 spiro atoms. The summed E-state index contributed by atoms with van der Waals surface area (Å²) in [6, 6.07) is 7.92. The molecule has 0 N–H and O–H groups in total. The summed E-state index contributed by atoms with van der Waals surface area (Å²) < 4.78 is 5.53. The number of hydrogen-bond donors (Lipinski definition) is 0. The molecule has 0 saturated heterocycles. The van der Waals surface area contributed by atoms with E-state index < -0.39 is 0 Å². The van der Waals surface area contributed by atoms with E-state index in [1.807, 2.05) is 45.0 Å². The summed E-state index contributed by atoms with van der Waals surface area (Å²) in [5.41, 5.74) is 0.801. The molecule has 1 heteroatoms. The summed E-state index contributed by atoms with van der Waals surface area (Å²) in [4.78, 5) is 0. The molecule has 14 heavy (non-hydrogen) atoms. The lowest BCUT2D eigenvalue weighted by atomic mass is 9.85. The predicted molar refractivity (Wildman–Crippen MR) is 59.5 cm³/mol. The van der Waals surface area contributed by atoms with Crippen LogP contribution in [0.2, 0.25) is 0 Å². The van der Waals surface area contributed by atoms with E-state index in [0.717, 1.165) is 11.3 Å². The number of rotatable bonds is 3. The third-order valence-corrected chi connectivity index (χ3v) is 2.22. The Morgan fingerprint density at radius 2 is 2.00 bits per heavy atom. The summed E-state index contributed by atoms with van der Waals surface area (Å²) in [7, 11) is 0. The Morgan fingerprint density at radius 1 is 1.36 bits per heavy atom. The minimum absolute atomic E-state index is 0.272. The zero-order chi connectivity index (χ0) is 10.6. The van der Waals surface area contributed by atoms with Crippen LogP contribution in [0.4, 0.5) is 0 Å². The van der Waals surface area contributed by atoms with Gasteiger partial charge >= 0.3 is 0 Å². The summed E-state index contributed by atoms with van der Waals surface area (Å²) >= 11 is 0. The predicted octanol–water partition coefficient (Wildman–Crippen LogP) is 3.00. The fourth-order valence-corrected chi connectivity index (χ4v) is 1.34. The van der Waals surface area contributed by atoms with Gasteiger partial charge in [0.15, 0.2) is 0 Å². The molecule has 1 aromatic carbocycles. The Hall–Kier alpha value is -1.42. The van der Waals surface area contributed by atoms with Crippen LogP contribution in [-0.4, -0.2) is 6.61 Å². The van der Waals surface area contributed by atoms with E-state index in [1.165, 1.54) is 0 Å². The van der Waals surface area contributed by atoms with Gasteiger partial charge in [0.05, 0.1) is 12.0 Å². The van der Waals surface area contributed by atoms with Gasteiger partial charge in [0.2, 0.25) is 0 Å². The van der Waals surface area contributed by atoms with Gasteiger partial charge in [-0.15, -0.1) is 6.42 Å². The first kappa shape index (κ1) is 10.7. The third-order valence-electron chi connectivity index (χ3n) is 2.22. The average Bonchev–Trinajstić information content (AvgIpc) is 2.19. The molecule has 0 aliphatic heterocycles. The van der Waals surface area contributed by atoms with Crippen molar-refractivity contribution in [3.05, 3.63) is 29.8 Å². The molecule has 0 unspecified atom stereocenters. The summed E-state index contributed by atoms with van der Waals surface area (Å²) in [6.45, 7) is 6.67. The van der Waals surface area contributed by atoms with E-state index in [9.17, 15) is 0 Å². The number of ether oxygens (including phenoxy) is 1. The SMILES string of the molecule is C#CC(C)(C)c1ccccc1OCC. The van der Waals surface area contributed by atoms with Crippen molar-refractivity contribution in [1.29, 1.82) is 0 Å². The lowest BCUT2D eigenvalue weighted by Gasteiger charge is -2.21. The molecule has 0 aromatic heterocycles. The van der Waals surface area contributed by atoms with Crippen molar-refractivity contribution >= 4 is 0 Å². The van der Waals surface area contributed by atoms with Gasteiger partial charge in [-0.25, -0.2) is 0 Å². The number of hydrogen-bond acceptors (Lipinski definition) is 1. The maximum absolute atomic E-state index is 5.53. The molecule has 0 atom stereocenters. The summed E-state index contributed by atoms with van der Waals surface area (Å²) in [6.07, 6.45) is 5.50. The molecule has 1 nitrogen and oxygen atoms in total. The topological polar surface area (TPSA) is 9.23 Å². The molecule has 1 aromatic rings. The van der Waals surface area contributed by atoms with Crippen molar-refractivity contribution in [2.24, 2.45) is 0 Å². The summed E-state index contributed by atoms with van der Waals surface area (Å²) in [5, 5.41) is 0. The van der Waals surface area contributed by atoms with E-state index >= 15 is 0 Å². The van der Waals surface area contributed by atoms with Crippen LogP contribution < -0.4 is 4.74 Å². The molecule has 0 bridgehead atoms. The van der Waals surface area contributed by atoms with Gasteiger partial charge < -0.3 is 4.74 Å². The number of terminal acetylenes is 1. The van der Waals surface area contributed by atoms with Crippen LogP contribution in [0, 0.1) is 12.3 Å². The van der Waals surface area contributed by atoms with Gasteiger partial charge in [-0.2, -0.15) is 0 Å². The molecule has 0 aliphatic carbocycles. The minimum Gasteiger partial charge on any atom is -0.494 e. The van der Waals surface area contributed by atoms with Crippen LogP contribution in [0.3, 0.4) is 0 Å². The highest BCUT2D eigenvalue weighted by Gasteiger charge is 2.20. The van der Waals surface area contributed by atoms with Crippen molar-refractivity contribution in [3.63, 3.8) is 0 Å². The normalized spacial score (nSPS) is 10.7. The summed E-state index contributed by atoms with van der Waals surface area (Å²) in [5.74, 6) is 3.66. The van der Waals surface area contributed by atoms with Gasteiger partial charge in [0, 0.05) is 5.56 Å². The van der Waals surface area contributed by atoms with E-state index in [4.69, 9.17) is 11.2 Å². The second kappa shape index (κ2) is 4.19. The van der Waals surface area contributed by atoms with E-state index in [1.54, 1.807) is 0 Å². The highest BCUT2D eigenvalue weighted by Crippen LogP contribution is 2.30. The van der Waals surface area contributed by atoms with Crippen LogP contribution in [0.5, 0.6) is 5.75 Å². The van der Waals surface area contributed by atoms with Gasteiger partial charge in [-0.1, -0.05) is 24.1 Å². The zero-order valence-electron chi connectivity index (χ0n) is 9.00.